The van der Waals surface area contributed by atoms with E-state index in [0.29, 0.717) is 29.7 Å². The third kappa shape index (κ3) is 3.10. The van der Waals surface area contributed by atoms with Crippen molar-refractivity contribution >= 4 is 23.2 Å². The number of anilines is 1. The summed E-state index contributed by atoms with van der Waals surface area (Å²) in [5.41, 5.74) is 3.86. The van der Waals surface area contributed by atoms with Gasteiger partial charge in [-0.3, -0.25) is 4.79 Å². The number of carbonyl (C=O) groups excluding carboxylic acids is 1. The lowest BCUT2D eigenvalue weighted by Crippen LogP contribution is -2.25. The molecule has 1 aliphatic heterocycles. The second-order valence-corrected chi connectivity index (χ2v) is 7.10. The van der Waals surface area contributed by atoms with Crippen molar-refractivity contribution in [2.75, 3.05) is 11.4 Å². The predicted octanol–water partition coefficient (Wildman–Crippen LogP) is 4.53. The zero-order chi connectivity index (χ0) is 18.3. The smallest absolute Gasteiger partial charge is 0.257 e. The standard InChI is InChI=1S/C20H18ClN3O2/c1-12-4-3-5-14(8-12)20-22-19(23-26-20)15-9-18(25)24(11-15)17-10-16(21)7-6-13(17)2/h3-8,10,15H,9,11H2,1-2H3. The largest absolute Gasteiger partial charge is 0.334 e. The minimum absolute atomic E-state index is 0.0438. The van der Waals surface area contributed by atoms with Gasteiger partial charge in [-0.1, -0.05) is 40.5 Å². The maximum absolute atomic E-state index is 12.5. The summed E-state index contributed by atoms with van der Waals surface area (Å²) in [6.45, 7) is 4.50. The minimum Gasteiger partial charge on any atom is -0.334 e. The zero-order valence-corrected chi connectivity index (χ0v) is 15.3. The van der Waals surface area contributed by atoms with Crippen molar-refractivity contribution in [2.24, 2.45) is 0 Å². The van der Waals surface area contributed by atoms with Crippen LogP contribution in [0.25, 0.3) is 11.5 Å². The highest BCUT2D eigenvalue weighted by Gasteiger charge is 2.35. The maximum atomic E-state index is 12.5. The van der Waals surface area contributed by atoms with Gasteiger partial charge < -0.3 is 9.42 Å². The lowest BCUT2D eigenvalue weighted by molar-refractivity contribution is -0.117. The van der Waals surface area contributed by atoms with Crippen LogP contribution in [0.4, 0.5) is 5.69 Å². The quantitative estimate of drug-likeness (QED) is 0.682. The molecule has 1 atom stereocenters. The average Bonchev–Trinajstić information content (AvgIpc) is 3.24. The Morgan fingerprint density at radius 2 is 2.04 bits per heavy atom. The molecule has 3 aromatic rings. The van der Waals surface area contributed by atoms with Crippen LogP contribution in [-0.4, -0.2) is 22.6 Å². The molecule has 0 radical (unpaired) electrons. The van der Waals surface area contributed by atoms with Crippen LogP contribution in [0, 0.1) is 13.8 Å². The van der Waals surface area contributed by atoms with Crippen LogP contribution in [0.2, 0.25) is 5.02 Å². The number of amides is 1. The van der Waals surface area contributed by atoms with Gasteiger partial charge in [0.15, 0.2) is 5.82 Å². The Balaban J connectivity index is 1.59. The Morgan fingerprint density at radius 3 is 2.85 bits per heavy atom. The summed E-state index contributed by atoms with van der Waals surface area (Å²) in [5.74, 6) is 0.996. The number of carbonyl (C=O) groups is 1. The summed E-state index contributed by atoms with van der Waals surface area (Å²) < 4.78 is 5.43. The van der Waals surface area contributed by atoms with E-state index in [1.807, 2.05) is 56.3 Å². The van der Waals surface area contributed by atoms with Gasteiger partial charge in [-0.05, 0) is 43.7 Å². The van der Waals surface area contributed by atoms with E-state index in [9.17, 15) is 4.79 Å². The van der Waals surface area contributed by atoms with Crippen LogP contribution in [0.3, 0.4) is 0 Å². The molecule has 1 fully saturated rings. The Labute approximate surface area is 156 Å². The molecule has 1 aromatic heterocycles. The van der Waals surface area contributed by atoms with Crippen molar-refractivity contribution in [3.8, 4) is 11.5 Å². The van der Waals surface area contributed by atoms with Gasteiger partial charge in [0.2, 0.25) is 5.91 Å². The molecule has 0 bridgehead atoms. The Morgan fingerprint density at radius 1 is 1.19 bits per heavy atom. The highest BCUT2D eigenvalue weighted by atomic mass is 35.5. The first-order valence-electron chi connectivity index (χ1n) is 8.48. The molecule has 2 heterocycles. The van der Waals surface area contributed by atoms with E-state index in [1.54, 1.807) is 4.90 Å². The van der Waals surface area contributed by atoms with E-state index in [1.165, 1.54) is 0 Å². The topological polar surface area (TPSA) is 59.2 Å². The van der Waals surface area contributed by atoms with Crippen molar-refractivity contribution < 1.29 is 9.32 Å². The SMILES string of the molecule is Cc1cccc(-c2nc(C3CC(=O)N(c4cc(Cl)ccc4C)C3)no2)c1. The van der Waals surface area contributed by atoms with Crippen LogP contribution in [0.1, 0.15) is 29.3 Å². The molecule has 0 saturated carbocycles. The lowest BCUT2D eigenvalue weighted by atomic mass is 10.1. The van der Waals surface area contributed by atoms with Gasteiger partial charge in [0.1, 0.15) is 0 Å². The average molecular weight is 368 g/mol. The highest BCUT2D eigenvalue weighted by molar-refractivity contribution is 6.31. The van der Waals surface area contributed by atoms with E-state index >= 15 is 0 Å². The number of nitrogens with zero attached hydrogens (tertiary/aromatic N) is 3. The monoisotopic (exact) mass is 367 g/mol. The normalized spacial score (nSPS) is 17.1. The molecule has 0 aliphatic carbocycles. The molecule has 0 spiro atoms. The second kappa shape index (κ2) is 6.57. The van der Waals surface area contributed by atoms with Gasteiger partial charge in [0.05, 0.1) is 0 Å². The van der Waals surface area contributed by atoms with Crippen LogP contribution in [0.5, 0.6) is 0 Å². The summed E-state index contributed by atoms with van der Waals surface area (Å²) in [6, 6.07) is 13.5. The summed E-state index contributed by atoms with van der Waals surface area (Å²) in [7, 11) is 0. The third-order valence-corrected chi connectivity index (χ3v) is 4.89. The Kier molecular flexibility index (Phi) is 4.24. The van der Waals surface area contributed by atoms with E-state index < -0.39 is 0 Å². The van der Waals surface area contributed by atoms with Crippen molar-refractivity contribution in [2.45, 2.75) is 26.2 Å². The zero-order valence-electron chi connectivity index (χ0n) is 14.6. The highest BCUT2D eigenvalue weighted by Crippen LogP contribution is 2.34. The van der Waals surface area contributed by atoms with Gasteiger partial charge in [-0.2, -0.15) is 4.98 Å². The minimum atomic E-state index is -0.0943. The maximum Gasteiger partial charge on any atom is 0.257 e. The number of halogens is 1. The molecule has 6 heteroatoms. The molecule has 1 saturated heterocycles. The molecule has 1 amide bonds. The summed E-state index contributed by atoms with van der Waals surface area (Å²) in [5, 5.41) is 4.73. The van der Waals surface area contributed by atoms with E-state index in [0.717, 1.165) is 22.4 Å². The first-order valence-corrected chi connectivity index (χ1v) is 8.86. The fourth-order valence-corrected chi connectivity index (χ4v) is 3.45. The molecule has 5 nitrogen and oxygen atoms in total. The van der Waals surface area contributed by atoms with Crippen molar-refractivity contribution in [1.82, 2.24) is 10.1 Å². The number of rotatable bonds is 3. The molecule has 4 rings (SSSR count). The van der Waals surface area contributed by atoms with Crippen LogP contribution < -0.4 is 4.90 Å². The van der Waals surface area contributed by atoms with Gasteiger partial charge in [0.25, 0.3) is 5.89 Å². The first kappa shape index (κ1) is 16.8. The van der Waals surface area contributed by atoms with Crippen molar-refractivity contribution in [1.29, 1.82) is 0 Å². The van der Waals surface area contributed by atoms with E-state index in [2.05, 4.69) is 10.1 Å². The molecular formula is C20H18ClN3O2. The number of aryl methyl sites for hydroxylation is 2. The number of benzene rings is 2. The fraction of sp³-hybridized carbons (Fsp3) is 0.250. The third-order valence-electron chi connectivity index (χ3n) is 4.66. The molecule has 0 N–H and O–H groups in total. The second-order valence-electron chi connectivity index (χ2n) is 6.66. The number of hydrogen-bond donors (Lipinski definition) is 0. The van der Waals surface area contributed by atoms with E-state index in [-0.39, 0.29) is 11.8 Å². The molecule has 132 valence electrons. The Hall–Kier alpha value is -2.66. The fourth-order valence-electron chi connectivity index (χ4n) is 3.28. The number of hydrogen-bond acceptors (Lipinski definition) is 4. The molecule has 1 unspecified atom stereocenters. The summed E-state index contributed by atoms with van der Waals surface area (Å²) >= 11 is 6.10. The molecular weight excluding hydrogens is 350 g/mol. The van der Waals surface area contributed by atoms with Crippen LogP contribution in [0.15, 0.2) is 47.0 Å². The Bertz CT molecular complexity index is 983. The summed E-state index contributed by atoms with van der Waals surface area (Å²) in [4.78, 5) is 18.8. The number of aromatic nitrogens is 2. The van der Waals surface area contributed by atoms with Crippen molar-refractivity contribution in [3.63, 3.8) is 0 Å². The first-order chi connectivity index (χ1) is 12.5. The molecule has 1 aliphatic rings. The van der Waals surface area contributed by atoms with E-state index in [4.69, 9.17) is 16.1 Å². The molecule has 26 heavy (non-hydrogen) atoms. The summed E-state index contributed by atoms with van der Waals surface area (Å²) in [6.07, 6.45) is 0.360. The lowest BCUT2D eigenvalue weighted by Gasteiger charge is -2.19. The van der Waals surface area contributed by atoms with Crippen LogP contribution >= 0.6 is 11.6 Å². The van der Waals surface area contributed by atoms with Gasteiger partial charge in [-0.25, -0.2) is 0 Å². The van der Waals surface area contributed by atoms with Gasteiger partial charge in [-0.15, -0.1) is 0 Å². The molecule has 2 aromatic carbocycles. The van der Waals surface area contributed by atoms with Gasteiger partial charge >= 0.3 is 0 Å². The van der Waals surface area contributed by atoms with Crippen molar-refractivity contribution in [3.05, 3.63) is 64.4 Å². The van der Waals surface area contributed by atoms with Crippen LogP contribution in [-0.2, 0) is 4.79 Å². The predicted molar refractivity (Wildman–Crippen MR) is 100 cm³/mol. The van der Waals surface area contributed by atoms with Gasteiger partial charge in [0, 0.05) is 35.2 Å².